The molecule has 5 heteroatoms. The first-order valence-corrected chi connectivity index (χ1v) is 9.29. The number of benzene rings is 2. The number of nitrogens with one attached hydrogen (secondary N) is 1. The van der Waals surface area contributed by atoms with Gasteiger partial charge in [-0.1, -0.05) is 42.5 Å². The van der Waals surface area contributed by atoms with E-state index in [1.807, 2.05) is 67.7 Å². The number of rotatable bonds is 5. The van der Waals surface area contributed by atoms with Crippen molar-refractivity contribution < 1.29 is 9.53 Å². The zero-order valence-corrected chi connectivity index (χ0v) is 15.4. The molecule has 2 aromatic carbocycles. The molecule has 1 saturated heterocycles. The number of amides is 1. The smallest absolute Gasteiger partial charge is 0.255 e. The maximum Gasteiger partial charge on any atom is 0.255 e. The Balaban J connectivity index is 1.68. The second kappa shape index (κ2) is 7.76. The lowest BCUT2D eigenvalue weighted by atomic mass is 10.0. The fourth-order valence-electron chi connectivity index (χ4n) is 3.37. The second-order valence-corrected chi connectivity index (χ2v) is 6.93. The van der Waals surface area contributed by atoms with E-state index < -0.39 is 0 Å². The number of hydrogen-bond acceptors (Lipinski definition) is 3. The second-order valence-electron chi connectivity index (χ2n) is 6.93. The van der Waals surface area contributed by atoms with Gasteiger partial charge >= 0.3 is 0 Å². The van der Waals surface area contributed by atoms with E-state index in [4.69, 9.17) is 9.84 Å². The summed E-state index contributed by atoms with van der Waals surface area (Å²) in [4.78, 5) is 12.9. The highest BCUT2D eigenvalue weighted by Crippen LogP contribution is 2.26. The number of carbonyl (C=O) groups is 1. The molecular weight excluding hydrogens is 338 g/mol. The van der Waals surface area contributed by atoms with Crippen LogP contribution < -0.4 is 5.32 Å². The minimum absolute atomic E-state index is 0.0951. The van der Waals surface area contributed by atoms with Gasteiger partial charge in [-0.05, 0) is 31.0 Å². The van der Waals surface area contributed by atoms with E-state index in [0.29, 0.717) is 30.3 Å². The standard InChI is InChI=1S/C22H23N3O2/c1-16-7-5-6-10-19(16)21-20(22(26)23-13-17-11-12-27-15-17)14-25(24-21)18-8-3-2-4-9-18/h2-10,14,17H,11-13,15H2,1H3,(H,23,26). The number of para-hydroxylation sites is 1. The molecule has 1 aliphatic rings. The van der Waals surface area contributed by atoms with Crippen LogP contribution in [0.5, 0.6) is 0 Å². The Hall–Kier alpha value is -2.92. The van der Waals surface area contributed by atoms with Gasteiger partial charge in [-0.25, -0.2) is 4.68 Å². The van der Waals surface area contributed by atoms with Gasteiger partial charge in [0.15, 0.2) is 0 Å². The van der Waals surface area contributed by atoms with Crippen molar-refractivity contribution in [1.82, 2.24) is 15.1 Å². The average molecular weight is 361 g/mol. The lowest BCUT2D eigenvalue weighted by Gasteiger charge is -2.10. The monoisotopic (exact) mass is 361 g/mol. The first-order chi connectivity index (χ1) is 13.2. The summed E-state index contributed by atoms with van der Waals surface area (Å²) in [5, 5.41) is 7.81. The Labute approximate surface area is 159 Å². The van der Waals surface area contributed by atoms with E-state index >= 15 is 0 Å². The van der Waals surface area contributed by atoms with E-state index in [-0.39, 0.29) is 5.91 Å². The minimum atomic E-state index is -0.0951. The summed E-state index contributed by atoms with van der Waals surface area (Å²) in [6, 6.07) is 17.9. The molecule has 4 rings (SSSR count). The molecule has 1 amide bonds. The molecule has 1 atom stereocenters. The summed E-state index contributed by atoms with van der Waals surface area (Å²) in [5.74, 6) is 0.294. The van der Waals surface area contributed by atoms with Gasteiger partial charge in [0.1, 0.15) is 5.69 Å². The van der Waals surface area contributed by atoms with E-state index in [1.54, 1.807) is 4.68 Å². The van der Waals surface area contributed by atoms with Crippen molar-refractivity contribution in [3.63, 3.8) is 0 Å². The Morgan fingerprint density at radius 2 is 1.96 bits per heavy atom. The van der Waals surface area contributed by atoms with Crippen LogP contribution in [-0.2, 0) is 4.74 Å². The maximum absolute atomic E-state index is 12.9. The molecule has 1 fully saturated rings. The van der Waals surface area contributed by atoms with Crippen molar-refractivity contribution in [2.45, 2.75) is 13.3 Å². The Morgan fingerprint density at radius 1 is 1.19 bits per heavy atom. The van der Waals surface area contributed by atoms with Crippen LogP contribution in [0, 0.1) is 12.8 Å². The molecule has 1 aromatic heterocycles. The molecule has 0 saturated carbocycles. The molecule has 1 unspecified atom stereocenters. The molecule has 1 aliphatic heterocycles. The summed E-state index contributed by atoms with van der Waals surface area (Å²) in [5.41, 5.74) is 4.29. The van der Waals surface area contributed by atoms with Crippen molar-refractivity contribution in [2.75, 3.05) is 19.8 Å². The largest absolute Gasteiger partial charge is 0.381 e. The number of hydrogen-bond donors (Lipinski definition) is 1. The average Bonchev–Trinajstić information content (AvgIpc) is 3.37. The van der Waals surface area contributed by atoms with Crippen LogP contribution in [0.1, 0.15) is 22.3 Å². The van der Waals surface area contributed by atoms with Gasteiger partial charge in [0.25, 0.3) is 5.91 Å². The van der Waals surface area contributed by atoms with Gasteiger partial charge in [-0.2, -0.15) is 5.10 Å². The molecule has 27 heavy (non-hydrogen) atoms. The molecule has 0 spiro atoms. The number of aromatic nitrogens is 2. The topological polar surface area (TPSA) is 56.2 Å². The van der Waals surface area contributed by atoms with Crippen LogP contribution in [-0.4, -0.2) is 35.4 Å². The molecule has 2 heterocycles. The zero-order chi connectivity index (χ0) is 18.6. The molecule has 0 aliphatic carbocycles. The molecular formula is C22H23N3O2. The maximum atomic E-state index is 12.9. The van der Waals surface area contributed by atoms with E-state index in [0.717, 1.165) is 29.8 Å². The zero-order valence-electron chi connectivity index (χ0n) is 15.4. The van der Waals surface area contributed by atoms with Gasteiger partial charge < -0.3 is 10.1 Å². The Bertz CT molecular complexity index is 928. The fraction of sp³-hybridized carbons (Fsp3) is 0.273. The third-order valence-corrected chi connectivity index (χ3v) is 4.96. The van der Waals surface area contributed by atoms with Gasteiger partial charge in [0.2, 0.25) is 0 Å². The van der Waals surface area contributed by atoms with Crippen LogP contribution in [0.2, 0.25) is 0 Å². The van der Waals surface area contributed by atoms with Crippen molar-refractivity contribution in [3.05, 3.63) is 71.9 Å². The number of ether oxygens (including phenoxy) is 1. The quantitative estimate of drug-likeness (QED) is 0.755. The van der Waals surface area contributed by atoms with Crippen LogP contribution in [0.3, 0.4) is 0 Å². The minimum Gasteiger partial charge on any atom is -0.381 e. The summed E-state index contributed by atoms with van der Waals surface area (Å²) >= 11 is 0. The third-order valence-electron chi connectivity index (χ3n) is 4.96. The molecule has 0 radical (unpaired) electrons. The third kappa shape index (κ3) is 3.78. The van der Waals surface area contributed by atoms with Gasteiger partial charge in [-0.15, -0.1) is 0 Å². The molecule has 0 bridgehead atoms. The number of carbonyl (C=O) groups excluding carboxylic acids is 1. The van der Waals surface area contributed by atoms with E-state index in [1.165, 1.54) is 0 Å². The Kier molecular flexibility index (Phi) is 5.03. The number of nitrogens with zero attached hydrogens (tertiary/aromatic N) is 2. The van der Waals surface area contributed by atoms with Crippen LogP contribution in [0.4, 0.5) is 0 Å². The molecule has 138 valence electrons. The van der Waals surface area contributed by atoms with Gasteiger partial charge in [-0.3, -0.25) is 4.79 Å². The highest BCUT2D eigenvalue weighted by molar-refractivity contribution is 6.00. The van der Waals surface area contributed by atoms with Gasteiger partial charge in [0, 0.05) is 30.8 Å². The number of aryl methyl sites for hydroxylation is 1. The highest BCUT2D eigenvalue weighted by atomic mass is 16.5. The van der Waals surface area contributed by atoms with Crippen LogP contribution in [0.25, 0.3) is 16.9 Å². The van der Waals surface area contributed by atoms with E-state index in [2.05, 4.69) is 5.32 Å². The molecule has 1 N–H and O–H groups in total. The summed E-state index contributed by atoms with van der Waals surface area (Å²) < 4.78 is 7.17. The predicted molar refractivity (Wildman–Crippen MR) is 105 cm³/mol. The Morgan fingerprint density at radius 3 is 2.70 bits per heavy atom. The van der Waals surface area contributed by atoms with Crippen molar-refractivity contribution in [2.24, 2.45) is 5.92 Å². The normalized spacial score (nSPS) is 16.4. The predicted octanol–water partition coefficient (Wildman–Crippen LogP) is 3.61. The first-order valence-electron chi connectivity index (χ1n) is 9.29. The van der Waals surface area contributed by atoms with Crippen molar-refractivity contribution >= 4 is 5.91 Å². The van der Waals surface area contributed by atoms with Crippen molar-refractivity contribution in [1.29, 1.82) is 0 Å². The summed E-state index contributed by atoms with van der Waals surface area (Å²) in [7, 11) is 0. The van der Waals surface area contributed by atoms with Crippen LogP contribution in [0.15, 0.2) is 60.8 Å². The summed E-state index contributed by atoms with van der Waals surface area (Å²) in [6.07, 6.45) is 2.81. The highest BCUT2D eigenvalue weighted by Gasteiger charge is 2.22. The lowest BCUT2D eigenvalue weighted by molar-refractivity contribution is 0.0945. The van der Waals surface area contributed by atoms with E-state index in [9.17, 15) is 4.79 Å². The van der Waals surface area contributed by atoms with Crippen LogP contribution >= 0.6 is 0 Å². The molecule has 5 nitrogen and oxygen atoms in total. The molecule has 3 aromatic rings. The van der Waals surface area contributed by atoms with Crippen molar-refractivity contribution in [3.8, 4) is 16.9 Å². The fourth-order valence-corrected chi connectivity index (χ4v) is 3.37. The lowest BCUT2D eigenvalue weighted by Crippen LogP contribution is -2.29. The van der Waals surface area contributed by atoms with Gasteiger partial charge in [0.05, 0.1) is 17.9 Å². The SMILES string of the molecule is Cc1ccccc1-c1nn(-c2ccccc2)cc1C(=O)NCC1CCOC1. The first kappa shape index (κ1) is 17.5. The summed E-state index contributed by atoms with van der Waals surface area (Å²) in [6.45, 7) is 4.16.